The lowest BCUT2D eigenvalue weighted by Crippen LogP contribution is -2.18. The van der Waals surface area contributed by atoms with Crippen molar-refractivity contribution in [3.63, 3.8) is 0 Å². The van der Waals surface area contributed by atoms with Crippen LogP contribution < -0.4 is 0 Å². The van der Waals surface area contributed by atoms with E-state index in [9.17, 15) is 0 Å². The lowest BCUT2D eigenvalue weighted by atomic mass is 9.77. The van der Waals surface area contributed by atoms with Gasteiger partial charge in [-0.2, -0.15) is 0 Å². The molecule has 6 nitrogen and oxygen atoms in total. The van der Waals surface area contributed by atoms with Gasteiger partial charge in [0.05, 0.1) is 0 Å². The SMILES string of the molecule is CC(C)(c1cccc(-c2cc(-c3cccc(-c4nc(-c5ccccc5)nc(-c5ccccc5)n4)c3)cc3oc4ccccc4c23)c1)c1ccc2nc(-c3ccccc3)oc2c1. The minimum absolute atomic E-state index is 0.352. The van der Waals surface area contributed by atoms with Gasteiger partial charge in [0.1, 0.15) is 16.7 Å². The maximum atomic E-state index is 6.61. The van der Waals surface area contributed by atoms with Crippen LogP contribution >= 0.6 is 0 Å². The molecule has 0 fully saturated rings. The summed E-state index contributed by atoms with van der Waals surface area (Å²) in [5, 5.41) is 2.16. The first-order valence-corrected chi connectivity index (χ1v) is 20.5. The summed E-state index contributed by atoms with van der Waals surface area (Å²) in [6.45, 7) is 4.53. The van der Waals surface area contributed by atoms with Gasteiger partial charge in [0, 0.05) is 38.4 Å². The van der Waals surface area contributed by atoms with Crippen LogP contribution in [-0.4, -0.2) is 19.9 Å². The summed E-state index contributed by atoms with van der Waals surface area (Å²) in [7, 11) is 0. The topological polar surface area (TPSA) is 77.8 Å². The molecule has 0 amide bonds. The van der Waals surface area contributed by atoms with E-state index >= 15 is 0 Å². The van der Waals surface area contributed by atoms with E-state index in [2.05, 4.69) is 105 Å². The number of nitrogens with zero attached hydrogens (tertiary/aromatic N) is 4. The van der Waals surface area contributed by atoms with E-state index in [1.54, 1.807) is 0 Å². The monoisotopic (exact) mass is 786 g/mol. The van der Waals surface area contributed by atoms with E-state index in [-0.39, 0.29) is 5.41 Å². The normalized spacial score (nSPS) is 11.8. The van der Waals surface area contributed by atoms with Gasteiger partial charge in [-0.25, -0.2) is 19.9 Å². The molecule has 3 aromatic heterocycles. The van der Waals surface area contributed by atoms with Gasteiger partial charge >= 0.3 is 0 Å². The molecule has 11 rings (SSSR count). The van der Waals surface area contributed by atoms with Gasteiger partial charge in [-0.15, -0.1) is 0 Å². The van der Waals surface area contributed by atoms with Gasteiger partial charge in [-0.05, 0) is 81.9 Å². The fourth-order valence-electron chi connectivity index (χ4n) is 8.28. The standard InChI is InChI=1S/C55H38N4O2/c1-55(2,43-28-29-46-48(34-43)61-54(56-46)37-20-10-5-11-21-37)42-25-15-23-39(31-42)45-32-41(33-49-50(45)44-26-12-13-27-47(44)60-49)38-22-14-24-40(30-38)53-58-51(35-16-6-3-7-17-35)57-52(59-53)36-18-8-4-9-19-36/h3-34H,1-2H3. The number of hydrogen-bond donors (Lipinski definition) is 0. The number of aromatic nitrogens is 4. The molecular formula is C55H38N4O2. The molecule has 11 aromatic rings. The number of furan rings is 1. The second-order valence-corrected chi connectivity index (χ2v) is 15.9. The summed E-state index contributed by atoms with van der Waals surface area (Å²) in [5.41, 5.74) is 13.2. The Labute approximate surface area is 352 Å². The number of benzene rings is 8. The van der Waals surface area contributed by atoms with Gasteiger partial charge < -0.3 is 8.83 Å². The number of para-hydroxylation sites is 1. The average molecular weight is 787 g/mol. The van der Waals surface area contributed by atoms with Crippen LogP contribution in [0.25, 0.3) is 101 Å². The molecule has 0 radical (unpaired) electrons. The Morgan fingerprint density at radius 3 is 1.66 bits per heavy atom. The van der Waals surface area contributed by atoms with Crippen LogP contribution in [0.1, 0.15) is 25.0 Å². The lowest BCUT2D eigenvalue weighted by molar-refractivity contribution is 0.611. The fourth-order valence-corrected chi connectivity index (χ4v) is 8.28. The first-order valence-electron chi connectivity index (χ1n) is 20.5. The summed E-state index contributed by atoms with van der Waals surface area (Å²) < 4.78 is 12.9. The summed E-state index contributed by atoms with van der Waals surface area (Å²) in [6.07, 6.45) is 0. The minimum atomic E-state index is -0.352. The van der Waals surface area contributed by atoms with Gasteiger partial charge in [0.2, 0.25) is 5.89 Å². The quantitative estimate of drug-likeness (QED) is 0.153. The Kier molecular flexibility index (Phi) is 8.71. The van der Waals surface area contributed by atoms with E-state index < -0.39 is 0 Å². The van der Waals surface area contributed by atoms with Gasteiger partial charge in [-0.3, -0.25) is 0 Å². The highest BCUT2D eigenvalue weighted by atomic mass is 16.3. The van der Waals surface area contributed by atoms with Crippen molar-refractivity contribution < 1.29 is 8.83 Å². The predicted molar refractivity (Wildman–Crippen MR) is 246 cm³/mol. The van der Waals surface area contributed by atoms with E-state index in [4.69, 9.17) is 28.8 Å². The molecule has 0 unspecified atom stereocenters. The highest BCUT2D eigenvalue weighted by Crippen LogP contribution is 2.43. The molecule has 3 heterocycles. The second kappa shape index (κ2) is 14.7. The number of rotatable bonds is 8. The van der Waals surface area contributed by atoms with E-state index in [0.717, 1.165) is 83.1 Å². The van der Waals surface area contributed by atoms with Gasteiger partial charge in [0.25, 0.3) is 0 Å². The van der Waals surface area contributed by atoms with Crippen molar-refractivity contribution in [2.24, 2.45) is 0 Å². The van der Waals surface area contributed by atoms with Crippen LogP contribution in [0.2, 0.25) is 0 Å². The van der Waals surface area contributed by atoms with Crippen LogP contribution in [0.5, 0.6) is 0 Å². The van der Waals surface area contributed by atoms with Crippen molar-refractivity contribution in [3.8, 4) is 67.9 Å². The van der Waals surface area contributed by atoms with Gasteiger partial charge in [0.15, 0.2) is 23.1 Å². The minimum Gasteiger partial charge on any atom is -0.456 e. The Balaban J connectivity index is 1.02. The maximum absolute atomic E-state index is 6.61. The van der Waals surface area contributed by atoms with Crippen molar-refractivity contribution in [1.29, 1.82) is 0 Å². The molecule has 61 heavy (non-hydrogen) atoms. The second-order valence-electron chi connectivity index (χ2n) is 15.9. The molecule has 0 N–H and O–H groups in total. The third-order valence-electron chi connectivity index (χ3n) is 11.7. The largest absolute Gasteiger partial charge is 0.456 e. The van der Waals surface area contributed by atoms with Crippen molar-refractivity contribution in [1.82, 2.24) is 19.9 Å². The van der Waals surface area contributed by atoms with Crippen LogP contribution in [0.15, 0.2) is 203 Å². The molecular weight excluding hydrogens is 749 g/mol. The van der Waals surface area contributed by atoms with Crippen LogP contribution in [0.3, 0.4) is 0 Å². The molecule has 290 valence electrons. The molecule has 0 atom stereocenters. The van der Waals surface area contributed by atoms with Crippen LogP contribution in [-0.2, 0) is 5.41 Å². The molecule has 0 saturated carbocycles. The zero-order valence-corrected chi connectivity index (χ0v) is 33.6. The fraction of sp³-hybridized carbons (Fsp3) is 0.0545. The first kappa shape index (κ1) is 36.1. The summed E-state index contributed by atoms with van der Waals surface area (Å²) in [4.78, 5) is 19.7. The molecule has 0 aliphatic heterocycles. The molecule has 0 aliphatic carbocycles. The maximum Gasteiger partial charge on any atom is 0.227 e. The third kappa shape index (κ3) is 6.64. The number of hydrogen-bond acceptors (Lipinski definition) is 6. The summed E-state index contributed by atoms with van der Waals surface area (Å²) in [6, 6.07) is 66.6. The Bertz CT molecular complexity index is 3330. The highest BCUT2D eigenvalue weighted by Gasteiger charge is 2.26. The molecule has 0 spiro atoms. The predicted octanol–water partition coefficient (Wildman–Crippen LogP) is 14.2. The van der Waals surface area contributed by atoms with Crippen molar-refractivity contribution in [2.45, 2.75) is 19.3 Å². The molecule has 0 aliphatic rings. The average Bonchev–Trinajstić information content (AvgIpc) is 3.94. The third-order valence-corrected chi connectivity index (χ3v) is 11.7. The Hall–Kier alpha value is -7.96. The van der Waals surface area contributed by atoms with E-state index in [1.807, 2.05) is 103 Å². The van der Waals surface area contributed by atoms with Crippen molar-refractivity contribution in [2.75, 3.05) is 0 Å². The summed E-state index contributed by atoms with van der Waals surface area (Å²) >= 11 is 0. The molecule has 0 bridgehead atoms. The van der Waals surface area contributed by atoms with Crippen molar-refractivity contribution in [3.05, 3.63) is 205 Å². The Morgan fingerprint density at radius 1 is 0.361 bits per heavy atom. The lowest BCUT2D eigenvalue weighted by Gasteiger charge is -2.26. The summed E-state index contributed by atoms with van der Waals surface area (Å²) in [5.74, 6) is 2.48. The Morgan fingerprint density at radius 2 is 0.934 bits per heavy atom. The van der Waals surface area contributed by atoms with Crippen LogP contribution in [0, 0.1) is 0 Å². The number of fused-ring (bicyclic) bond motifs is 4. The molecule has 8 aromatic carbocycles. The van der Waals surface area contributed by atoms with Crippen LogP contribution in [0.4, 0.5) is 0 Å². The first-order chi connectivity index (χ1) is 29.9. The molecule has 6 heteroatoms. The van der Waals surface area contributed by atoms with Crippen molar-refractivity contribution >= 4 is 33.0 Å². The van der Waals surface area contributed by atoms with E-state index in [0.29, 0.717) is 23.4 Å². The molecule has 0 saturated heterocycles. The van der Waals surface area contributed by atoms with Gasteiger partial charge in [-0.1, -0.05) is 159 Å². The smallest absolute Gasteiger partial charge is 0.227 e. The highest BCUT2D eigenvalue weighted by molar-refractivity contribution is 6.13. The number of oxazole rings is 1. The zero-order chi connectivity index (χ0) is 40.9. The zero-order valence-electron chi connectivity index (χ0n) is 33.6. The van der Waals surface area contributed by atoms with E-state index in [1.165, 1.54) is 5.56 Å².